The summed E-state index contributed by atoms with van der Waals surface area (Å²) in [6.07, 6.45) is 3.91. The first-order chi connectivity index (χ1) is 13.7. The molecule has 5 atom stereocenters. The summed E-state index contributed by atoms with van der Waals surface area (Å²) in [5.74, 6) is -0.0401. The van der Waals surface area contributed by atoms with Gasteiger partial charge in [-0.3, -0.25) is 9.78 Å². The van der Waals surface area contributed by atoms with Gasteiger partial charge in [0, 0.05) is 28.9 Å². The van der Waals surface area contributed by atoms with Crippen molar-refractivity contribution in [1.82, 2.24) is 10.3 Å². The number of halogens is 2. The summed E-state index contributed by atoms with van der Waals surface area (Å²) in [6.45, 7) is 6.10. The molecular formula is C23H27Cl2N3O. The molecular weight excluding hydrogens is 405 g/mol. The molecule has 3 N–H and O–H groups in total. The number of fused-ring (bicyclic) bond motifs is 1. The lowest BCUT2D eigenvalue weighted by molar-refractivity contribution is -0.132. The van der Waals surface area contributed by atoms with Gasteiger partial charge in [0.15, 0.2) is 0 Å². The minimum atomic E-state index is -0.781. The van der Waals surface area contributed by atoms with Gasteiger partial charge >= 0.3 is 0 Å². The molecule has 4 nitrogen and oxygen atoms in total. The number of aryl methyl sites for hydroxylation is 1. The van der Waals surface area contributed by atoms with Gasteiger partial charge in [-0.15, -0.1) is 0 Å². The highest BCUT2D eigenvalue weighted by Crippen LogP contribution is 2.61. The smallest absolute Gasteiger partial charge is 0.228 e. The topological polar surface area (TPSA) is 68.0 Å². The van der Waals surface area contributed by atoms with Crippen LogP contribution in [0.4, 0.5) is 0 Å². The van der Waals surface area contributed by atoms with Crippen molar-refractivity contribution >= 4 is 29.1 Å². The van der Waals surface area contributed by atoms with Gasteiger partial charge in [-0.05, 0) is 68.4 Å². The van der Waals surface area contributed by atoms with E-state index in [4.69, 9.17) is 28.9 Å². The third-order valence-electron chi connectivity index (χ3n) is 7.35. The zero-order valence-corrected chi connectivity index (χ0v) is 18.5. The van der Waals surface area contributed by atoms with E-state index in [1.54, 1.807) is 6.20 Å². The van der Waals surface area contributed by atoms with Crippen LogP contribution in [0.5, 0.6) is 0 Å². The Morgan fingerprint density at radius 3 is 2.66 bits per heavy atom. The second kappa shape index (κ2) is 7.26. The second-order valence-electron chi connectivity index (χ2n) is 8.61. The van der Waals surface area contributed by atoms with Crippen molar-refractivity contribution in [3.8, 4) is 0 Å². The summed E-state index contributed by atoms with van der Waals surface area (Å²) in [7, 11) is 0. The molecule has 5 unspecified atom stereocenters. The van der Waals surface area contributed by atoms with Crippen molar-refractivity contribution in [3.05, 3.63) is 63.4 Å². The molecule has 0 spiro atoms. The summed E-state index contributed by atoms with van der Waals surface area (Å²) >= 11 is 12.8. The Hall–Kier alpha value is -1.62. The van der Waals surface area contributed by atoms with Crippen LogP contribution < -0.4 is 11.1 Å². The minimum Gasteiger partial charge on any atom is -0.351 e. The molecule has 6 heteroatoms. The molecule has 4 rings (SSSR count). The third kappa shape index (κ3) is 2.91. The number of hydrogen-bond donors (Lipinski definition) is 2. The van der Waals surface area contributed by atoms with Gasteiger partial charge in [-0.2, -0.15) is 0 Å². The van der Waals surface area contributed by atoms with E-state index in [1.807, 2.05) is 32.0 Å². The van der Waals surface area contributed by atoms with Gasteiger partial charge in [0.05, 0.1) is 16.0 Å². The number of rotatable bonds is 3. The lowest BCUT2D eigenvalue weighted by Gasteiger charge is -2.54. The van der Waals surface area contributed by atoms with Crippen LogP contribution in [0.1, 0.15) is 61.8 Å². The zero-order chi connectivity index (χ0) is 21.0. The van der Waals surface area contributed by atoms with Crippen LogP contribution in [0.2, 0.25) is 10.0 Å². The fourth-order valence-corrected chi connectivity index (χ4v) is 6.28. The minimum absolute atomic E-state index is 0.0578. The standard InChI is InChI=1S/C23H27Cl2N3O/c1-4-22-10-9-17(16-7-5-13(2)11-18(16)25)20(19-8-6-15(24)12-27-19)23(22,26)14(3)28-21(22)29/h5-8,11-12,14,17,20H,4,9-10,26H2,1-3H3,(H,28,29). The van der Waals surface area contributed by atoms with Crippen LogP contribution >= 0.6 is 23.2 Å². The van der Waals surface area contributed by atoms with Crippen molar-refractivity contribution in [1.29, 1.82) is 0 Å². The third-order valence-corrected chi connectivity index (χ3v) is 7.91. The molecule has 1 saturated carbocycles. The predicted octanol–water partition coefficient (Wildman–Crippen LogP) is 4.97. The largest absolute Gasteiger partial charge is 0.351 e. The number of carbonyl (C=O) groups is 1. The van der Waals surface area contributed by atoms with Gasteiger partial charge in [0.1, 0.15) is 0 Å². The number of nitrogens with zero attached hydrogens (tertiary/aromatic N) is 1. The number of benzene rings is 1. The van der Waals surface area contributed by atoms with Crippen LogP contribution in [0.15, 0.2) is 36.5 Å². The highest BCUT2D eigenvalue weighted by atomic mass is 35.5. The highest BCUT2D eigenvalue weighted by molar-refractivity contribution is 6.31. The maximum Gasteiger partial charge on any atom is 0.228 e. The van der Waals surface area contributed by atoms with E-state index in [-0.39, 0.29) is 23.8 Å². The number of nitrogens with one attached hydrogen (secondary N) is 1. The fourth-order valence-electron chi connectivity index (χ4n) is 5.80. The van der Waals surface area contributed by atoms with E-state index in [1.165, 1.54) is 0 Å². The number of pyridine rings is 1. The summed E-state index contributed by atoms with van der Waals surface area (Å²) in [5, 5.41) is 4.47. The molecule has 2 fully saturated rings. The van der Waals surface area contributed by atoms with E-state index in [0.29, 0.717) is 11.4 Å². The molecule has 2 heterocycles. The zero-order valence-electron chi connectivity index (χ0n) is 17.0. The Labute approximate surface area is 182 Å². The average Bonchev–Trinajstić information content (AvgIpc) is 2.88. The van der Waals surface area contributed by atoms with Crippen LogP contribution in [0, 0.1) is 12.3 Å². The molecule has 0 radical (unpaired) electrons. The molecule has 0 bridgehead atoms. The van der Waals surface area contributed by atoms with E-state index >= 15 is 0 Å². The Bertz CT molecular complexity index is 948. The second-order valence-corrected chi connectivity index (χ2v) is 9.46. The number of hydrogen-bond acceptors (Lipinski definition) is 3. The molecule has 2 aliphatic rings. The van der Waals surface area contributed by atoms with E-state index < -0.39 is 11.0 Å². The molecule has 1 saturated heterocycles. The van der Waals surface area contributed by atoms with Gasteiger partial charge < -0.3 is 11.1 Å². The Balaban J connectivity index is 1.93. The van der Waals surface area contributed by atoms with Gasteiger partial charge in [-0.1, -0.05) is 42.3 Å². The van der Waals surface area contributed by atoms with Crippen LogP contribution in [-0.2, 0) is 4.79 Å². The first kappa shape index (κ1) is 20.6. The maximum absolute atomic E-state index is 13.1. The maximum atomic E-state index is 13.1. The lowest BCUT2D eigenvalue weighted by Crippen LogP contribution is -2.66. The Morgan fingerprint density at radius 1 is 1.28 bits per heavy atom. The van der Waals surface area contributed by atoms with E-state index in [9.17, 15) is 4.79 Å². The van der Waals surface area contributed by atoms with Gasteiger partial charge in [-0.25, -0.2) is 0 Å². The quantitative estimate of drug-likeness (QED) is 0.720. The van der Waals surface area contributed by atoms with Gasteiger partial charge in [0.2, 0.25) is 5.91 Å². The molecule has 29 heavy (non-hydrogen) atoms. The molecule has 1 aliphatic heterocycles. The monoisotopic (exact) mass is 431 g/mol. The average molecular weight is 432 g/mol. The van der Waals surface area contributed by atoms with Crippen molar-refractivity contribution in [3.63, 3.8) is 0 Å². The SMILES string of the molecule is CCC12CCC(c3ccc(C)cc3Cl)C(c3ccc(Cl)cn3)C1(N)C(C)NC2=O. The van der Waals surface area contributed by atoms with Crippen molar-refractivity contribution in [2.75, 3.05) is 0 Å². The number of nitrogens with two attached hydrogens (primary N) is 1. The summed E-state index contributed by atoms with van der Waals surface area (Å²) in [4.78, 5) is 17.8. The first-order valence-electron chi connectivity index (χ1n) is 10.2. The fraction of sp³-hybridized carbons (Fsp3) is 0.478. The van der Waals surface area contributed by atoms with Crippen LogP contribution in [-0.4, -0.2) is 22.5 Å². The molecule has 1 amide bonds. The number of carbonyl (C=O) groups excluding carboxylic acids is 1. The van der Waals surface area contributed by atoms with Crippen molar-refractivity contribution in [2.24, 2.45) is 11.1 Å². The van der Waals surface area contributed by atoms with E-state index in [2.05, 4.69) is 29.4 Å². The summed E-state index contributed by atoms with van der Waals surface area (Å²) in [6, 6.07) is 9.79. The first-order valence-corrected chi connectivity index (χ1v) is 11.0. The Morgan fingerprint density at radius 2 is 2.03 bits per heavy atom. The van der Waals surface area contributed by atoms with Crippen molar-refractivity contribution < 1.29 is 4.79 Å². The van der Waals surface area contributed by atoms with E-state index in [0.717, 1.165) is 34.7 Å². The number of amides is 1. The van der Waals surface area contributed by atoms with Gasteiger partial charge in [0.25, 0.3) is 0 Å². The van der Waals surface area contributed by atoms with Crippen LogP contribution in [0.25, 0.3) is 0 Å². The predicted molar refractivity (Wildman–Crippen MR) is 117 cm³/mol. The Kier molecular flexibility index (Phi) is 5.17. The summed E-state index contributed by atoms with van der Waals surface area (Å²) in [5.41, 5.74) is 8.91. The van der Waals surface area contributed by atoms with Crippen LogP contribution in [0.3, 0.4) is 0 Å². The summed E-state index contributed by atoms with van der Waals surface area (Å²) < 4.78 is 0. The molecule has 1 aromatic carbocycles. The molecule has 1 aromatic heterocycles. The normalized spacial score (nSPS) is 34.0. The highest BCUT2D eigenvalue weighted by Gasteiger charge is 2.68. The lowest BCUT2D eigenvalue weighted by atomic mass is 9.50. The molecule has 154 valence electrons. The number of aromatic nitrogens is 1. The molecule has 2 aromatic rings. The van der Waals surface area contributed by atoms with Crippen molar-refractivity contribution in [2.45, 2.75) is 63.5 Å². The molecule has 1 aliphatic carbocycles.